The first kappa shape index (κ1) is 14.8. The summed E-state index contributed by atoms with van der Waals surface area (Å²) in [6.45, 7) is 0.300. The Kier molecular flexibility index (Phi) is 4.27. The fourth-order valence-corrected chi connectivity index (χ4v) is 3.08. The van der Waals surface area contributed by atoms with Gasteiger partial charge in [-0.05, 0) is 30.3 Å². The summed E-state index contributed by atoms with van der Waals surface area (Å²) < 4.78 is 19.0. The van der Waals surface area contributed by atoms with Crippen molar-refractivity contribution in [3.63, 3.8) is 0 Å². The van der Waals surface area contributed by atoms with Gasteiger partial charge in [0.1, 0.15) is 11.6 Å². The van der Waals surface area contributed by atoms with Crippen molar-refractivity contribution in [1.82, 2.24) is 5.32 Å². The van der Waals surface area contributed by atoms with Gasteiger partial charge in [0.15, 0.2) is 0 Å². The highest BCUT2D eigenvalue weighted by atomic mass is 35.5. The van der Waals surface area contributed by atoms with Crippen LogP contribution in [-0.2, 0) is 6.54 Å². The van der Waals surface area contributed by atoms with Crippen LogP contribution in [0.5, 0.6) is 0 Å². The number of carbonyl (C=O) groups excluding carboxylic acids is 1. The molecule has 1 N–H and O–H groups in total. The maximum Gasteiger partial charge on any atom is 0.256 e. The Morgan fingerprint density at radius 2 is 2.18 bits per heavy atom. The summed E-state index contributed by atoms with van der Waals surface area (Å²) in [6, 6.07) is 9.76. The van der Waals surface area contributed by atoms with Gasteiger partial charge in [0.25, 0.3) is 5.91 Å². The molecule has 0 radical (unpaired) electrons. The van der Waals surface area contributed by atoms with Gasteiger partial charge < -0.3 is 9.73 Å². The molecule has 0 saturated heterocycles. The number of hydrogen-bond donors (Lipinski definition) is 1. The zero-order valence-corrected chi connectivity index (χ0v) is 12.9. The SMILES string of the molecule is O=C(NCc1cc(-c2ccco2)cs1)c1c(F)cccc1Cl. The number of furan rings is 1. The zero-order valence-electron chi connectivity index (χ0n) is 11.3. The molecule has 0 bridgehead atoms. The smallest absolute Gasteiger partial charge is 0.256 e. The van der Waals surface area contributed by atoms with E-state index in [1.165, 1.54) is 29.5 Å². The first-order valence-corrected chi connectivity index (χ1v) is 7.74. The Labute approximate surface area is 135 Å². The molecule has 0 unspecified atom stereocenters. The van der Waals surface area contributed by atoms with Crippen LogP contribution in [0, 0.1) is 5.82 Å². The highest BCUT2D eigenvalue weighted by molar-refractivity contribution is 7.10. The number of benzene rings is 1. The molecule has 112 valence electrons. The first-order chi connectivity index (χ1) is 10.6. The van der Waals surface area contributed by atoms with Crippen LogP contribution < -0.4 is 5.32 Å². The molecule has 1 amide bonds. The maximum absolute atomic E-state index is 13.7. The summed E-state index contributed by atoms with van der Waals surface area (Å²) in [5.41, 5.74) is 0.815. The molecule has 2 heterocycles. The Balaban J connectivity index is 1.69. The largest absolute Gasteiger partial charge is 0.464 e. The normalized spacial score (nSPS) is 10.6. The molecule has 0 spiro atoms. The van der Waals surface area contributed by atoms with E-state index >= 15 is 0 Å². The van der Waals surface area contributed by atoms with E-state index in [0.717, 1.165) is 16.2 Å². The lowest BCUT2D eigenvalue weighted by molar-refractivity contribution is 0.0947. The third kappa shape index (κ3) is 3.05. The summed E-state index contributed by atoms with van der Waals surface area (Å²) >= 11 is 7.36. The molecule has 0 aliphatic heterocycles. The number of amides is 1. The number of thiophene rings is 1. The average Bonchev–Trinajstić information content (AvgIpc) is 3.16. The Bertz CT molecular complexity index is 778. The fraction of sp³-hybridized carbons (Fsp3) is 0.0625. The van der Waals surface area contributed by atoms with E-state index < -0.39 is 11.7 Å². The summed E-state index contributed by atoms with van der Waals surface area (Å²) in [5.74, 6) is -0.394. The van der Waals surface area contributed by atoms with Crippen molar-refractivity contribution < 1.29 is 13.6 Å². The van der Waals surface area contributed by atoms with E-state index in [4.69, 9.17) is 16.0 Å². The van der Waals surface area contributed by atoms with Gasteiger partial charge in [-0.1, -0.05) is 17.7 Å². The summed E-state index contributed by atoms with van der Waals surface area (Å²) in [5, 5.41) is 4.71. The van der Waals surface area contributed by atoms with Gasteiger partial charge in [0, 0.05) is 15.8 Å². The summed E-state index contributed by atoms with van der Waals surface area (Å²) in [4.78, 5) is 13.0. The minimum atomic E-state index is -0.632. The number of halogens is 2. The average molecular weight is 336 g/mol. The van der Waals surface area contributed by atoms with Crippen molar-refractivity contribution in [3.8, 4) is 11.3 Å². The lowest BCUT2D eigenvalue weighted by Gasteiger charge is -2.06. The number of carbonyl (C=O) groups is 1. The molecule has 0 saturated carbocycles. The van der Waals surface area contributed by atoms with Crippen molar-refractivity contribution >= 4 is 28.8 Å². The van der Waals surface area contributed by atoms with Crippen LogP contribution in [0.3, 0.4) is 0 Å². The second kappa shape index (κ2) is 6.34. The maximum atomic E-state index is 13.7. The molecule has 0 aliphatic rings. The minimum Gasteiger partial charge on any atom is -0.464 e. The lowest BCUT2D eigenvalue weighted by atomic mass is 10.2. The van der Waals surface area contributed by atoms with Gasteiger partial charge in [-0.2, -0.15) is 0 Å². The highest BCUT2D eigenvalue weighted by Crippen LogP contribution is 2.26. The van der Waals surface area contributed by atoms with Crippen molar-refractivity contribution in [1.29, 1.82) is 0 Å². The molecule has 3 rings (SSSR count). The van der Waals surface area contributed by atoms with Crippen LogP contribution in [0.15, 0.2) is 52.5 Å². The molecule has 2 aromatic heterocycles. The second-order valence-electron chi connectivity index (χ2n) is 4.56. The van der Waals surface area contributed by atoms with Crippen LogP contribution in [0.1, 0.15) is 15.2 Å². The second-order valence-corrected chi connectivity index (χ2v) is 5.96. The van der Waals surface area contributed by atoms with Crippen LogP contribution >= 0.6 is 22.9 Å². The van der Waals surface area contributed by atoms with Crippen molar-refractivity contribution in [2.24, 2.45) is 0 Å². The molecule has 6 heteroatoms. The van der Waals surface area contributed by atoms with E-state index in [2.05, 4.69) is 5.32 Å². The van der Waals surface area contributed by atoms with Crippen molar-refractivity contribution in [2.45, 2.75) is 6.54 Å². The van der Waals surface area contributed by atoms with Crippen LogP contribution in [0.2, 0.25) is 5.02 Å². The van der Waals surface area contributed by atoms with E-state index in [9.17, 15) is 9.18 Å². The standard InChI is InChI=1S/C16H11ClFNO2S/c17-12-3-1-4-13(18)15(12)16(20)19-8-11-7-10(9-22-11)14-5-2-6-21-14/h1-7,9H,8H2,(H,19,20). The van der Waals surface area contributed by atoms with E-state index in [1.807, 2.05) is 23.6 Å². The fourth-order valence-electron chi connectivity index (χ4n) is 2.02. The van der Waals surface area contributed by atoms with Gasteiger partial charge in [-0.25, -0.2) is 4.39 Å². The number of rotatable bonds is 4. The van der Waals surface area contributed by atoms with Gasteiger partial charge >= 0.3 is 0 Å². The van der Waals surface area contributed by atoms with Crippen molar-refractivity contribution in [2.75, 3.05) is 0 Å². The molecule has 1 aromatic carbocycles. The molecule has 0 atom stereocenters. The Morgan fingerprint density at radius 3 is 2.91 bits per heavy atom. The third-order valence-corrected chi connectivity index (χ3v) is 4.32. The lowest BCUT2D eigenvalue weighted by Crippen LogP contribution is -2.23. The number of nitrogens with one attached hydrogen (secondary N) is 1. The predicted molar refractivity (Wildman–Crippen MR) is 84.6 cm³/mol. The summed E-state index contributed by atoms with van der Waals surface area (Å²) in [6.07, 6.45) is 1.61. The molecular formula is C16H11ClFNO2S. The molecule has 3 aromatic rings. The zero-order chi connectivity index (χ0) is 15.5. The van der Waals surface area contributed by atoms with Crippen LogP contribution in [-0.4, -0.2) is 5.91 Å². The molecular weight excluding hydrogens is 325 g/mol. The third-order valence-electron chi connectivity index (χ3n) is 3.07. The van der Waals surface area contributed by atoms with Gasteiger partial charge in [0.05, 0.1) is 23.4 Å². The molecule has 3 nitrogen and oxygen atoms in total. The predicted octanol–water partition coefficient (Wildman–Crippen LogP) is 4.73. The van der Waals surface area contributed by atoms with E-state index in [1.54, 1.807) is 6.26 Å². The summed E-state index contributed by atoms with van der Waals surface area (Å²) in [7, 11) is 0. The van der Waals surface area contributed by atoms with E-state index in [-0.39, 0.29) is 10.6 Å². The highest BCUT2D eigenvalue weighted by Gasteiger charge is 2.15. The monoisotopic (exact) mass is 335 g/mol. The molecule has 0 aliphatic carbocycles. The number of hydrogen-bond acceptors (Lipinski definition) is 3. The van der Waals surface area contributed by atoms with Gasteiger partial charge in [-0.3, -0.25) is 4.79 Å². The molecule has 0 fully saturated rings. The molecule has 22 heavy (non-hydrogen) atoms. The van der Waals surface area contributed by atoms with Crippen LogP contribution in [0.25, 0.3) is 11.3 Å². The Morgan fingerprint density at radius 1 is 1.32 bits per heavy atom. The Hall–Kier alpha value is -2.11. The quantitative estimate of drug-likeness (QED) is 0.749. The van der Waals surface area contributed by atoms with Crippen LogP contribution in [0.4, 0.5) is 4.39 Å². The van der Waals surface area contributed by atoms with E-state index in [0.29, 0.717) is 6.54 Å². The van der Waals surface area contributed by atoms with Gasteiger partial charge in [-0.15, -0.1) is 11.3 Å². The topological polar surface area (TPSA) is 42.2 Å². The first-order valence-electron chi connectivity index (χ1n) is 6.48. The van der Waals surface area contributed by atoms with Crippen molar-refractivity contribution in [3.05, 3.63) is 69.3 Å². The minimum absolute atomic E-state index is 0.0972. The van der Waals surface area contributed by atoms with Gasteiger partial charge in [0.2, 0.25) is 0 Å².